The van der Waals surface area contributed by atoms with Crippen LogP contribution in [0.15, 0.2) is 48.5 Å². The molecular weight excluding hydrogens is 298 g/mol. The summed E-state index contributed by atoms with van der Waals surface area (Å²) < 4.78 is 5.81. The van der Waals surface area contributed by atoms with Crippen molar-refractivity contribution in [2.24, 2.45) is 0 Å². The number of carbonyl (C=O) groups is 1. The predicted octanol–water partition coefficient (Wildman–Crippen LogP) is 4.38. The monoisotopic (exact) mass is 323 g/mol. The molecule has 0 saturated heterocycles. The van der Waals surface area contributed by atoms with Crippen molar-refractivity contribution in [2.75, 3.05) is 6.61 Å². The highest BCUT2D eigenvalue weighted by Crippen LogP contribution is 2.31. The van der Waals surface area contributed by atoms with Gasteiger partial charge in [0.25, 0.3) is 5.91 Å². The van der Waals surface area contributed by atoms with Crippen LogP contribution in [0.3, 0.4) is 0 Å². The first-order chi connectivity index (χ1) is 11.7. The summed E-state index contributed by atoms with van der Waals surface area (Å²) in [5.74, 6) is 1.18. The summed E-state index contributed by atoms with van der Waals surface area (Å²) in [6.07, 6.45) is 3.04. The Balaban J connectivity index is 1.59. The standard InChI is InChI=1S/C21H25NO2/c1-3-15(2)17-9-6-7-11-20(17)24-14-21(23)22-19-13-12-16-8-4-5-10-18(16)19/h4-11,15,19H,3,12-14H2,1-2H3,(H,22,23)/t15-,19+/m1/s1. The number of para-hydroxylation sites is 1. The first-order valence-electron chi connectivity index (χ1n) is 8.78. The fourth-order valence-electron chi connectivity index (χ4n) is 3.33. The molecule has 2 aromatic rings. The minimum atomic E-state index is -0.0596. The maximum absolute atomic E-state index is 12.3. The summed E-state index contributed by atoms with van der Waals surface area (Å²) in [7, 11) is 0. The molecule has 0 aliphatic heterocycles. The second-order valence-corrected chi connectivity index (χ2v) is 6.49. The molecule has 0 aromatic heterocycles. The Hall–Kier alpha value is -2.29. The average molecular weight is 323 g/mol. The average Bonchev–Trinajstić information content (AvgIpc) is 3.02. The summed E-state index contributed by atoms with van der Waals surface area (Å²) in [6, 6.07) is 16.4. The molecule has 2 aromatic carbocycles. The summed E-state index contributed by atoms with van der Waals surface area (Å²) in [6.45, 7) is 4.40. The lowest BCUT2D eigenvalue weighted by Crippen LogP contribution is -2.31. The maximum atomic E-state index is 12.3. The Morgan fingerprint density at radius 2 is 1.96 bits per heavy atom. The van der Waals surface area contributed by atoms with E-state index in [1.165, 1.54) is 16.7 Å². The van der Waals surface area contributed by atoms with Crippen LogP contribution in [0.25, 0.3) is 0 Å². The van der Waals surface area contributed by atoms with Gasteiger partial charge < -0.3 is 10.1 Å². The van der Waals surface area contributed by atoms with Gasteiger partial charge in [-0.3, -0.25) is 4.79 Å². The normalized spacial score (nSPS) is 17.2. The van der Waals surface area contributed by atoms with Crippen molar-refractivity contribution in [1.82, 2.24) is 5.32 Å². The maximum Gasteiger partial charge on any atom is 0.258 e. The first-order valence-corrected chi connectivity index (χ1v) is 8.78. The van der Waals surface area contributed by atoms with Crippen LogP contribution in [0, 0.1) is 0 Å². The fraction of sp³-hybridized carbons (Fsp3) is 0.381. The minimum Gasteiger partial charge on any atom is -0.483 e. The number of aryl methyl sites for hydroxylation is 1. The summed E-state index contributed by atoms with van der Waals surface area (Å²) >= 11 is 0. The molecule has 1 aliphatic carbocycles. The topological polar surface area (TPSA) is 38.3 Å². The Labute approximate surface area is 144 Å². The SMILES string of the molecule is CC[C@@H](C)c1ccccc1OCC(=O)N[C@H]1CCc2ccccc21. The van der Waals surface area contributed by atoms with Crippen LogP contribution in [-0.2, 0) is 11.2 Å². The van der Waals surface area contributed by atoms with Gasteiger partial charge in [-0.1, -0.05) is 56.3 Å². The molecule has 1 aliphatic rings. The van der Waals surface area contributed by atoms with Crippen molar-refractivity contribution >= 4 is 5.91 Å². The highest BCUT2D eigenvalue weighted by Gasteiger charge is 2.23. The highest BCUT2D eigenvalue weighted by molar-refractivity contribution is 5.78. The molecule has 0 heterocycles. The molecule has 0 unspecified atom stereocenters. The first kappa shape index (κ1) is 16.6. The van der Waals surface area contributed by atoms with Gasteiger partial charge in [0.2, 0.25) is 0 Å². The van der Waals surface area contributed by atoms with E-state index in [9.17, 15) is 4.79 Å². The number of nitrogens with one attached hydrogen (secondary N) is 1. The molecule has 0 radical (unpaired) electrons. The van der Waals surface area contributed by atoms with Crippen molar-refractivity contribution in [1.29, 1.82) is 0 Å². The molecule has 0 bridgehead atoms. The number of ether oxygens (including phenoxy) is 1. The van der Waals surface area contributed by atoms with E-state index in [1.807, 2.05) is 24.3 Å². The molecule has 3 heteroatoms. The van der Waals surface area contributed by atoms with Gasteiger partial charge in [-0.15, -0.1) is 0 Å². The molecule has 0 fully saturated rings. The number of carbonyl (C=O) groups excluding carboxylic acids is 1. The van der Waals surface area contributed by atoms with Crippen LogP contribution in [-0.4, -0.2) is 12.5 Å². The van der Waals surface area contributed by atoms with Gasteiger partial charge >= 0.3 is 0 Å². The molecule has 2 atom stereocenters. The Morgan fingerprint density at radius 1 is 1.21 bits per heavy atom. The third-order valence-corrected chi connectivity index (χ3v) is 4.89. The van der Waals surface area contributed by atoms with Gasteiger partial charge in [0.1, 0.15) is 5.75 Å². The minimum absolute atomic E-state index is 0.0596. The predicted molar refractivity (Wildman–Crippen MR) is 96.3 cm³/mol. The zero-order chi connectivity index (χ0) is 16.9. The van der Waals surface area contributed by atoms with Gasteiger partial charge in [-0.05, 0) is 47.9 Å². The number of amides is 1. The lowest BCUT2D eigenvalue weighted by atomic mass is 9.98. The molecule has 3 nitrogen and oxygen atoms in total. The number of fused-ring (bicyclic) bond motifs is 1. The lowest BCUT2D eigenvalue weighted by molar-refractivity contribution is -0.123. The molecule has 3 rings (SSSR count). The van der Waals surface area contributed by atoms with Gasteiger partial charge in [-0.2, -0.15) is 0 Å². The van der Waals surface area contributed by atoms with Crippen LogP contribution in [0.5, 0.6) is 5.75 Å². The third-order valence-electron chi connectivity index (χ3n) is 4.89. The molecule has 126 valence electrons. The number of benzene rings is 2. The molecular formula is C21H25NO2. The second-order valence-electron chi connectivity index (χ2n) is 6.49. The van der Waals surface area contributed by atoms with Crippen LogP contribution >= 0.6 is 0 Å². The molecule has 1 N–H and O–H groups in total. The third kappa shape index (κ3) is 3.61. The van der Waals surface area contributed by atoms with Crippen molar-refractivity contribution in [3.8, 4) is 5.75 Å². The van der Waals surface area contributed by atoms with E-state index in [0.29, 0.717) is 5.92 Å². The zero-order valence-electron chi connectivity index (χ0n) is 14.4. The summed E-state index contributed by atoms with van der Waals surface area (Å²) in [4.78, 5) is 12.3. The van der Waals surface area contributed by atoms with Crippen LogP contribution in [0.2, 0.25) is 0 Å². The van der Waals surface area contributed by atoms with E-state index in [4.69, 9.17) is 4.74 Å². The van der Waals surface area contributed by atoms with Crippen molar-refractivity contribution in [3.63, 3.8) is 0 Å². The van der Waals surface area contributed by atoms with Crippen molar-refractivity contribution in [3.05, 3.63) is 65.2 Å². The molecule has 0 saturated carbocycles. The summed E-state index contributed by atoms with van der Waals surface area (Å²) in [5, 5.41) is 3.10. The van der Waals surface area contributed by atoms with Gasteiger partial charge in [-0.25, -0.2) is 0 Å². The molecule has 24 heavy (non-hydrogen) atoms. The zero-order valence-corrected chi connectivity index (χ0v) is 14.4. The quantitative estimate of drug-likeness (QED) is 0.856. The highest BCUT2D eigenvalue weighted by atomic mass is 16.5. The van der Waals surface area contributed by atoms with Gasteiger partial charge in [0, 0.05) is 0 Å². The largest absolute Gasteiger partial charge is 0.483 e. The van der Waals surface area contributed by atoms with Crippen molar-refractivity contribution < 1.29 is 9.53 Å². The van der Waals surface area contributed by atoms with Crippen molar-refractivity contribution in [2.45, 2.75) is 45.1 Å². The van der Waals surface area contributed by atoms with E-state index in [1.54, 1.807) is 0 Å². The van der Waals surface area contributed by atoms with E-state index in [0.717, 1.165) is 25.0 Å². The Kier molecular flexibility index (Phi) is 5.19. The fourth-order valence-corrected chi connectivity index (χ4v) is 3.33. The van der Waals surface area contributed by atoms with Gasteiger partial charge in [0.05, 0.1) is 6.04 Å². The summed E-state index contributed by atoms with van der Waals surface area (Å²) in [5.41, 5.74) is 3.75. The van der Waals surface area contributed by atoms with Crippen LogP contribution < -0.4 is 10.1 Å². The number of hydrogen-bond donors (Lipinski definition) is 1. The smallest absolute Gasteiger partial charge is 0.258 e. The van der Waals surface area contributed by atoms with E-state index in [-0.39, 0.29) is 18.6 Å². The van der Waals surface area contributed by atoms with Crippen LogP contribution in [0.4, 0.5) is 0 Å². The second kappa shape index (κ2) is 7.52. The Bertz CT molecular complexity index is 710. The Morgan fingerprint density at radius 3 is 2.79 bits per heavy atom. The molecule has 1 amide bonds. The van der Waals surface area contributed by atoms with E-state index < -0.39 is 0 Å². The van der Waals surface area contributed by atoms with E-state index >= 15 is 0 Å². The number of hydrogen-bond acceptors (Lipinski definition) is 2. The number of rotatable bonds is 6. The lowest BCUT2D eigenvalue weighted by Gasteiger charge is -2.17. The van der Waals surface area contributed by atoms with Crippen LogP contribution in [0.1, 0.15) is 55.3 Å². The molecule has 0 spiro atoms. The van der Waals surface area contributed by atoms with E-state index in [2.05, 4.69) is 43.4 Å². The van der Waals surface area contributed by atoms with Gasteiger partial charge in [0.15, 0.2) is 6.61 Å².